The molecule has 1 N–H and O–H groups in total. The van der Waals surface area contributed by atoms with Crippen LogP contribution in [0.2, 0.25) is 0 Å². The third-order valence-electron chi connectivity index (χ3n) is 3.77. The van der Waals surface area contributed by atoms with E-state index in [4.69, 9.17) is 0 Å². The highest BCUT2D eigenvalue weighted by atomic mass is 16.1. The molecule has 0 heterocycles. The lowest BCUT2D eigenvalue weighted by Crippen LogP contribution is -2.43. The van der Waals surface area contributed by atoms with Crippen molar-refractivity contribution in [1.29, 1.82) is 0 Å². The Bertz CT molecular complexity index is 389. The first-order valence-electron chi connectivity index (χ1n) is 6.71. The molecular formula is C15H22N2O. The molecule has 0 spiro atoms. The Morgan fingerprint density at radius 2 is 1.83 bits per heavy atom. The number of anilines is 1. The van der Waals surface area contributed by atoms with Crippen molar-refractivity contribution in [3.05, 3.63) is 30.3 Å². The first-order chi connectivity index (χ1) is 8.68. The Hall–Kier alpha value is -1.35. The monoisotopic (exact) mass is 246 g/mol. The van der Waals surface area contributed by atoms with Crippen LogP contribution in [0.5, 0.6) is 0 Å². The van der Waals surface area contributed by atoms with Crippen LogP contribution >= 0.6 is 0 Å². The Balaban J connectivity index is 2.02. The Labute approximate surface area is 109 Å². The van der Waals surface area contributed by atoms with E-state index in [-0.39, 0.29) is 11.8 Å². The number of carbonyl (C=O) groups excluding carboxylic acids is 1. The molecule has 2 rings (SSSR count). The van der Waals surface area contributed by atoms with Crippen LogP contribution in [0.3, 0.4) is 0 Å². The summed E-state index contributed by atoms with van der Waals surface area (Å²) in [5.74, 6) is 0.286. The predicted octanol–water partition coefficient (Wildman–Crippen LogP) is 2.75. The first kappa shape index (κ1) is 13.1. The lowest BCUT2D eigenvalue weighted by molar-refractivity contribution is -0.122. The summed E-state index contributed by atoms with van der Waals surface area (Å²) in [6.45, 7) is 0. The molecular weight excluding hydrogens is 224 g/mol. The lowest BCUT2D eigenvalue weighted by Gasteiger charge is -2.35. The van der Waals surface area contributed by atoms with Crippen LogP contribution < -0.4 is 5.32 Å². The molecule has 3 nitrogen and oxygen atoms in total. The first-order valence-corrected chi connectivity index (χ1v) is 6.71. The number of benzene rings is 1. The SMILES string of the molecule is CN(C)C1CCCCC1C(=O)Nc1ccccc1. The molecule has 1 aliphatic rings. The van der Waals surface area contributed by atoms with E-state index in [1.165, 1.54) is 6.42 Å². The van der Waals surface area contributed by atoms with Gasteiger partial charge >= 0.3 is 0 Å². The van der Waals surface area contributed by atoms with Crippen LogP contribution in [0.15, 0.2) is 30.3 Å². The van der Waals surface area contributed by atoms with Crippen molar-refractivity contribution in [2.45, 2.75) is 31.7 Å². The molecule has 0 aliphatic heterocycles. The van der Waals surface area contributed by atoms with Gasteiger partial charge in [0.05, 0.1) is 5.92 Å². The molecule has 18 heavy (non-hydrogen) atoms. The van der Waals surface area contributed by atoms with Crippen LogP contribution in [0.25, 0.3) is 0 Å². The van der Waals surface area contributed by atoms with Gasteiger partial charge in [0.15, 0.2) is 0 Å². The molecule has 1 saturated carbocycles. The zero-order chi connectivity index (χ0) is 13.0. The second-order valence-corrected chi connectivity index (χ2v) is 5.28. The number of hydrogen-bond donors (Lipinski definition) is 1. The van der Waals surface area contributed by atoms with Gasteiger partial charge in [-0.05, 0) is 39.1 Å². The Morgan fingerprint density at radius 3 is 2.50 bits per heavy atom. The second-order valence-electron chi connectivity index (χ2n) is 5.28. The van der Waals surface area contributed by atoms with Gasteiger partial charge in [-0.25, -0.2) is 0 Å². The van der Waals surface area contributed by atoms with Gasteiger partial charge in [0.1, 0.15) is 0 Å². The summed E-state index contributed by atoms with van der Waals surface area (Å²) in [6, 6.07) is 10.1. The maximum atomic E-state index is 12.3. The second kappa shape index (κ2) is 6.01. The Kier molecular flexibility index (Phi) is 4.37. The van der Waals surface area contributed by atoms with Crippen LogP contribution in [0.4, 0.5) is 5.69 Å². The molecule has 1 aliphatic carbocycles. The molecule has 2 atom stereocenters. The summed E-state index contributed by atoms with van der Waals surface area (Å²) in [4.78, 5) is 14.5. The van der Waals surface area contributed by atoms with E-state index in [0.717, 1.165) is 24.9 Å². The van der Waals surface area contributed by atoms with Gasteiger partial charge < -0.3 is 10.2 Å². The molecule has 98 valence electrons. The average Bonchev–Trinajstić information content (AvgIpc) is 2.40. The molecule has 0 aromatic heterocycles. The third kappa shape index (κ3) is 3.10. The average molecular weight is 246 g/mol. The standard InChI is InChI=1S/C15H22N2O/c1-17(2)14-11-7-6-10-13(14)15(18)16-12-8-4-3-5-9-12/h3-5,8-9,13-14H,6-7,10-11H2,1-2H3,(H,16,18). The van der Waals surface area contributed by atoms with Gasteiger partial charge in [0.2, 0.25) is 5.91 Å². The van der Waals surface area contributed by atoms with Crippen molar-refractivity contribution >= 4 is 11.6 Å². The molecule has 0 bridgehead atoms. The van der Waals surface area contributed by atoms with Crippen molar-refractivity contribution < 1.29 is 4.79 Å². The van der Waals surface area contributed by atoms with Crippen LogP contribution in [0, 0.1) is 5.92 Å². The lowest BCUT2D eigenvalue weighted by atomic mass is 9.83. The highest BCUT2D eigenvalue weighted by Gasteiger charge is 2.32. The van der Waals surface area contributed by atoms with E-state index in [1.807, 2.05) is 30.3 Å². The highest BCUT2D eigenvalue weighted by Crippen LogP contribution is 2.28. The zero-order valence-corrected chi connectivity index (χ0v) is 11.2. The van der Waals surface area contributed by atoms with Crippen molar-refractivity contribution in [1.82, 2.24) is 4.90 Å². The summed E-state index contributed by atoms with van der Waals surface area (Å²) in [6.07, 6.45) is 4.52. The van der Waals surface area contributed by atoms with Gasteiger partial charge in [0, 0.05) is 11.7 Å². The predicted molar refractivity (Wildman–Crippen MR) is 74.5 cm³/mol. The maximum Gasteiger partial charge on any atom is 0.229 e. The van der Waals surface area contributed by atoms with Crippen molar-refractivity contribution in [2.24, 2.45) is 5.92 Å². The molecule has 2 unspecified atom stereocenters. The fourth-order valence-electron chi connectivity index (χ4n) is 2.79. The minimum absolute atomic E-state index is 0.119. The van der Waals surface area contributed by atoms with Gasteiger partial charge in [-0.3, -0.25) is 4.79 Å². The van der Waals surface area contributed by atoms with Crippen molar-refractivity contribution in [3.8, 4) is 0 Å². The van der Waals surface area contributed by atoms with Crippen LogP contribution in [-0.2, 0) is 4.79 Å². The number of nitrogens with zero attached hydrogens (tertiary/aromatic N) is 1. The largest absolute Gasteiger partial charge is 0.326 e. The van der Waals surface area contributed by atoms with E-state index in [1.54, 1.807) is 0 Å². The fourth-order valence-corrected chi connectivity index (χ4v) is 2.79. The summed E-state index contributed by atoms with van der Waals surface area (Å²) >= 11 is 0. The molecule has 0 radical (unpaired) electrons. The van der Waals surface area contributed by atoms with Crippen LogP contribution in [0.1, 0.15) is 25.7 Å². The number of amides is 1. The third-order valence-corrected chi connectivity index (χ3v) is 3.77. The highest BCUT2D eigenvalue weighted by molar-refractivity contribution is 5.93. The van der Waals surface area contributed by atoms with Crippen molar-refractivity contribution in [2.75, 3.05) is 19.4 Å². The van der Waals surface area contributed by atoms with Gasteiger partial charge in [0.25, 0.3) is 0 Å². The summed E-state index contributed by atoms with van der Waals surface area (Å²) in [5, 5.41) is 3.03. The van der Waals surface area contributed by atoms with E-state index in [0.29, 0.717) is 6.04 Å². The number of rotatable bonds is 3. The molecule has 1 aromatic rings. The smallest absolute Gasteiger partial charge is 0.229 e. The molecule has 3 heteroatoms. The summed E-state index contributed by atoms with van der Waals surface area (Å²) in [5.41, 5.74) is 0.894. The van der Waals surface area contributed by atoms with Crippen molar-refractivity contribution in [3.63, 3.8) is 0 Å². The van der Waals surface area contributed by atoms with E-state index < -0.39 is 0 Å². The van der Waals surface area contributed by atoms with Crippen LogP contribution in [-0.4, -0.2) is 30.9 Å². The zero-order valence-electron chi connectivity index (χ0n) is 11.2. The summed E-state index contributed by atoms with van der Waals surface area (Å²) < 4.78 is 0. The minimum atomic E-state index is 0.119. The Morgan fingerprint density at radius 1 is 1.17 bits per heavy atom. The fraction of sp³-hybridized carbons (Fsp3) is 0.533. The van der Waals surface area contributed by atoms with Gasteiger partial charge in [-0.15, -0.1) is 0 Å². The molecule has 1 amide bonds. The van der Waals surface area contributed by atoms with E-state index in [9.17, 15) is 4.79 Å². The van der Waals surface area contributed by atoms with Gasteiger partial charge in [-0.1, -0.05) is 31.0 Å². The maximum absolute atomic E-state index is 12.3. The number of nitrogens with one attached hydrogen (secondary N) is 1. The molecule has 0 saturated heterocycles. The number of para-hydroxylation sites is 1. The van der Waals surface area contributed by atoms with Gasteiger partial charge in [-0.2, -0.15) is 0 Å². The number of hydrogen-bond acceptors (Lipinski definition) is 2. The molecule has 1 fully saturated rings. The van der Waals surface area contributed by atoms with E-state index >= 15 is 0 Å². The summed E-state index contributed by atoms with van der Waals surface area (Å²) in [7, 11) is 4.14. The quantitative estimate of drug-likeness (QED) is 0.889. The normalized spacial score (nSPS) is 23.9. The van der Waals surface area contributed by atoms with E-state index in [2.05, 4.69) is 24.3 Å². The topological polar surface area (TPSA) is 32.3 Å². The minimum Gasteiger partial charge on any atom is -0.326 e. The number of carbonyl (C=O) groups is 1. The molecule has 1 aromatic carbocycles.